The molecule has 3 aliphatic heterocycles. The molecule has 0 amide bonds. The quantitative estimate of drug-likeness (QED) is 0.325. The molecule has 0 aromatic rings. The van der Waals surface area contributed by atoms with Crippen LogP contribution in [-0.2, 0) is 14.2 Å². The molecule has 17 atom stereocenters. The summed E-state index contributed by atoms with van der Waals surface area (Å²) in [5, 5.41) is 44.3. The second-order valence-corrected chi connectivity index (χ2v) is 16.1. The van der Waals surface area contributed by atoms with Crippen molar-refractivity contribution in [1.29, 1.82) is 0 Å². The molecule has 0 bridgehead atoms. The van der Waals surface area contributed by atoms with Gasteiger partial charge in [-0.2, -0.15) is 0 Å². The van der Waals surface area contributed by atoms with Gasteiger partial charge in [0.15, 0.2) is 6.29 Å². The maximum absolute atomic E-state index is 10.5. The van der Waals surface area contributed by atoms with Crippen LogP contribution in [0.5, 0.6) is 0 Å². The Morgan fingerprint density at radius 2 is 1.63 bits per heavy atom. The minimum atomic E-state index is -1.39. The lowest BCUT2D eigenvalue weighted by Crippen LogP contribution is -2.60. The van der Waals surface area contributed by atoms with E-state index in [9.17, 15) is 20.4 Å². The van der Waals surface area contributed by atoms with Crippen molar-refractivity contribution in [3.8, 4) is 0 Å². The molecule has 0 aromatic heterocycles. The van der Waals surface area contributed by atoms with Crippen molar-refractivity contribution < 1.29 is 34.6 Å². The molecule has 1 spiro atoms. The predicted octanol–water partition coefficient (Wildman–Crippen LogP) is 3.19. The molecule has 7 aliphatic rings. The largest absolute Gasteiger partial charge is 0.394 e. The van der Waals surface area contributed by atoms with Crippen LogP contribution >= 0.6 is 0 Å². The van der Waals surface area contributed by atoms with Crippen LogP contribution in [-0.4, -0.2) is 82.2 Å². The maximum Gasteiger partial charge on any atom is 0.186 e. The van der Waals surface area contributed by atoms with Crippen molar-refractivity contribution in [3.05, 3.63) is 0 Å². The first-order valence-corrected chi connectivity index (χ1v) is 16.9. The monoisotopic (exact) mass is 577 g/mol. The standard InChI is InChI=1S/C33H55NO7/c1-17-7-12-33(34-15-17)18(2)26-24(41-33)14-23-21-6-5-19-13-20(8-10-31(19,3)22(21)9-11-32(23,26)4)39-30-29(38)28(37)27(36)25(16-35)40-30/h17-30,34-38H,5-16H2,1-4H3/t17?,18-,19?,20?,21+,22-,23-,24-,25+,26-,27+,28-,29+,30+,31-,32-,33?/m0/s1. The van der Waals surface area contributed by atoms with E-state index in [4.69, 9.17) is 14.2 Å². The molecule has 8 heteroatoms. The van der Waals surface area contributed by atoms with Crippen LogP contribution in [0.4, 0.5) is 0 Å². The number of nitrogens with one attached hydrogen (secondary N) is 1. The van der Waals surface area contributed by atoms with Gasteiger partial charge in [0, 0.05) is 12.5 Å². The highest BCUT2D eigenvalue weighted by Gasteiger charge is 2.68. The number of hydrogen-bond acceptors (Lipinski definition) is 8. The van der Waals surface area contributed by atoms with Crippen LogP contribution < -0.4 is 5.32 Å². The van der Waals surface area contributed by atoms with E-state index in [1.165, 1.54) is 38.5 Å². The van der Waals surface area contributed by atoms with Crippen molar-refractivity contribution >= 4 is 0 Å². The van der Waals surface area contributed by atoms with Crippen molar-refractivity contribution in [2.45, 2.75) is 141 Å². The van der Waals surface area contributed by atoms with E-state index in [1.54, 1.807) is 0 Å². The van der Waals surface area contributed by atoms with Gasteiger partial charge in [-0.15, -0.1) is 0 Å². The van der Waals surface area contributed by atoms with Gasteiger partial charge in [-0.05, 0) is 111 Å². The Labute approximate surface area is 245 Å². The number of rotatable bonds is 3. The zero-order valence-corrected chi connectivity index (χ0v) is 25.6. The fourth-order valence-electron chi connectivity index (χ4n) is 11.9. The fourth-order valence-corrected chi connectivity index (χ4v) is 11.9. The van der Waals surface area contributed by atoms with E-state index in [0.29, 0.717) is 34.7 Å². The third-order valence-corrected chi connectivity index (χ3v) is 14.3. The summed E-state index contributed by atoms with van der Waals surface area (Å²) in [5.41, 5.74) is 0.563. The van der Waals surface area contributed by atoms with Gasteiger partial charge in [0.1, 0.15) is 30.1 Å². The second-order valence-electron chi connectivity index (χ2n) is 16.1. The average Bonchev–Trinajstić information content (AvgIpc) is 3.40. The highest BCUT2D eigenvalue weighted by Crippen LogP contribution is 2.71. The van der Waals surface area contributed by atoms with E-state index in [0.717, 1.165) is 55.9 Å². The van der Waals surface area contributed by atoms with Gasteiger partial charge in [0.2, 0.25) is 0 Å². The predicted molar refractivity (Wildman–Crippen MR) is 152 cm³/mol. The number of aliphatic hydroxyl groups is 4. The molecule has 3 saturated heterocycles. The summed E-state index contributed by atoms with van der Waals surface area (Å²) in [4.78, 5) is 0. The Bertz CT molecular complexity index is 971. The van der Waals surface area contributed by atoms with Crippen LogP contribution in [0.15, 0.2) is 0 Å². The first-order chi connectivity index (χ1) is 19.5. The fraction of sp³-hybridized carbons (Fsp3) is 1.00. The average molecular weight is 578 g/mol. The minimum absolute atomic E-state index is 0.0538. The van der Waals surface area contributed by atoms with Gasteiger partial charge >= 0.3 is 0 Å². The molecule has 41 heavy (non-hydrogen) atoms. The molecule has 4 saturated carbocycles. The van der Waals surface area contributed by atoms with Crippen molar-refractivity contribution in [3.63, 3.8) is 0 Å². The summed E-state index contributed by atoms with van der Waals surface area (Å²) in [5.74, 6) is 4.79. The zero-order chi connectivity index (χ0) is 28.9. The lowest BCUT2D eigenvalue weighted by atomic mass is 9.44. The summed E-state index contributed by atoms with van der Waals surface area (Å²) in [7, 11) is 0. The normalized spacial score (nSPS) is 60.3. The molecule has 5 N–H and O–H groups in total. The van der Waals surface area contributed by atoms with Gasteiger partial charge < -0.3 is 34.6 Å². The van der Waals surface area contributed by atoms with Crippen molar-refractivity contribution in [2.75, 3.05) is 13.2 Å². The smallest absolute Gasteiger partial charge is 0.186 e. The summed E-state index contributed by atoms with van der Waals surface area (Å²) < 4.78 is 19.0. The number of ether oxygens (including phenoxy) is 3. The molecule has 7 fully saturated rings. The zero-order valence-electron chi connectivity index (χ0n) is 25.6. The van der Waals surface area contributed by atoms with E-state index in [2.05, 4.69) is 33.0 Å². The first kappa shape index (κ1) is 29.4. The molecule has 234 valence electrons. The molecular weight excluding hydrogens is 522 g/mol. The summed E-state index contributed by atoms with van der Waals surface area (Å²) in [6.45, 7) is 10.7. The molecule has 0 aromatic carbocycles. The topological polar surface area (TPSA) is 121 Å². The number of aliphatic hydroxyl groups excluding tert-OH is 4. The van der Waals surface area contributed by atoms with Gasteiger partial charge in [0.25, 0.3) is 0 Å². The number of hydrogen-bond donors (Lipinski definition) is 5. The van der Waals surface area contributed by atoms with E-state index in [-0.39, 0.29) is 11.8 Å². The Morgan fingerprint density at radius 1 is 0.854 bits per heavy atom. The molecule has 3 heterocycles. The Hall–Kier alpha value is -0.320. The number of fused-ring (bicyclic) bond motifs is 7. The second kappa shape index (κ2) is 10.4. The summed E-state index contributed by atoms with van der Waals surface area (Å²) >= 11 is 0. The van der Waals surface area contributed by atoms with Crippen molar-refractivity contribution in [1.82, 2.24) is 5.32 Å². The van der Waals surface area contributed by atoms with Crippen LogP contribution in [0.25, 0.3) is 0 Å². The molecule has 4 aliphatic carbocycles. The SMILES string of the molecule is CC1CCC2(NC1)O[C@H]1C[C@H]3[C@@H]4CCC5CC(O[C@@H]6O[C@H](CO)[C@@H](O)[C@H](O)[C@H]6O)CC[C@]5(C)[C@H]4CC[C@]3(C)[C@H]1[C@@H]2C. The third-order valence-electron chi connectivity index (χ3n) is 14.3. The van der Waals surface area contributed by atoms with Crippen LogP contribution in [0.2, 0.25) is 0 Å². The maximum atomic E-state index is 10.5. The lowest BCUT2D eigenvalue weighted by molar-refractivity contribution is -0.316. The van der Waals surface area contributed by atoms with Gasteiger partial charge in [-0.3, -0.25) is 5.32 Å². The Kier molecular flexibility index (Phi) is 7.43. The molecule has 0 radical (unpaired) electrons. The lowest BCUT2D eigenvalue weighted by Gasteiger charge is -2.61. The van der Waals surface area contributed by atoms with Crippen molar-refractivity contribution in [2.24, 2.45) is 52.3 Å². The first-order valence-electron chi connectivity index (χ1n) is 16.9. The summed E-state index contributed by atoms with van der Waals surface area (Å²) in [6.07, 6.45) is 6.05. The highest BCUT2D eigenvalue weighted by atomic mass is 16.7. The third kappa shape index (κ3) is 4.36. The number of piperidine rings is 1. The molecule has 4 unspecified atom stereocenters. The van der Waals surface area contributed by atoms with Crippen LogP contribution in [0, 0.1) is 52.3 Å². The minimum Gasteiger partial charge on any atom is -0.394 e. The summed E-state index contributed by atoms with van der Waals surface area (Å²) in [6, 6.07) is 0. The van der Waals surface area contributed by atoms with Crippen LogP contribution in [0.3, 0.4) is 0 Å². The van der Waals surface area contributed by atoms with Gasteiger partial charge in [-0.25, -0.2) is 0 Å². The molecule has 7 rings (SSSR count). The Balaban J connectivity index is 1.03. The molecule has 8 nitrogen and oxygen atoms in total. The highest BCUT2D eigenvalue weighted by molar-refractivity contribution is 5.16. The van der Waals surface area contributed by atoms with E-state index in [1.807, 2.05) is 0 Å². The van der Waals surface area contributed by atoms with Crippen LogP contribution in [0.1, 0.15) is 91.9 Å². The van der Waals surface area contributed by atoms with E-state index < -0.39 is 37.3 Å². The molecular formula is C33H55NO7. The van der Waals surface area contributed by atoms with E-state index >= 15 is 0 Å². The van der Waals surface area contributed by atoms with Gasteiger partial charge in [0.05, 0.1) is 18.8 Å². The Morgan fingerprint density at radius 3 is 2.37 bits per heavy atom. The van der Waals surface area contributed by atoms with Gasteiger partial charge in [-0.1, -0.05) is 27.7 Å².